The summed E-state index contributed by atoms with van der Waals surface area (Å²) in [6.07, 6.45) is 4.05. The summed E-state index contributed by atoms with van der Waals surface area (Å²) in [7, 11) is 0. The molecular formula is C16H20FNO2. The average Bonchev–Trinajstić information content (AvgIpc) is 3.15. The van der Waals surface area contributed by atoms with Crippen LogP contribution >= 0.6 is 0 Å². The van der Waals surface area contributed by atoms with E-state index in [1.54, 1.807) is 12.1 Å². The molecule has 0 aromatic heterocycles. The van der Waals surface area contributed by atoms with Crippen LogP contribution < -0.4 is 5.32 Å². The zero-order chi connectivity index (χ0) is 14.2. The molecule has 20 heavy (non-hydrogen) atoms. The van der Waals surface area contributed by atoms with Crippen LogP contribution in [0, 0.1) is 11.7 Å². The average molecular weight is 277 g/mol. The lowest BCUT2D eigenvalue weighted by Crippen LogP contribution is -2.37. The van der Waals surface area contributed by atoms with Crippen LogP contribution in [0.25, 0.3) is 0 Å². The Bertz CT molecular complexity index is 496. The maximum Gasteiger partial charge on any atom is 0.230 e. The number of aliphatic hydroxyl groups excluding tert-OH is 1. The first kappa shape index (κ1) is 13.6. The number of aliphatic hydroxyl groups is 1. The van der Waals surface area contributed by atoms with Gasteiger partial charge in [-0.05, 0) is 55.7 Å². The molecule has 0 radical (unpaired) electrons. The van der Waals surface area contributed by atoms with Gasteiger partial charge in [0.05, 0.1) is 11.5 Å². The first-order valence-corrected chi connectivity index (χ1v) is 7.32. The Balaban J connectivity index is 1.60. The molecule has 0 heterocycles. The van der Waals surface area contributed by atoms with Crippen molar-refractivity contribution in [2.45, 2.75) is 43.6 Å². The third-order valence-electron chi connectivity index (χ3n) is 4.65. The SMILES string of the molecule is O=C(NCC1CCC(O)C1)C1(c2ccc(F)cc2)CC1. The number of halogens is 1. The molecule has 108 valence electrons. The molecule has 0 saturated heterocycles. The maximum atomic E-state index is 13.0. The molecular weight excluding hydrogens is 257 g/mol. The fourth-order valence-electron chi connectivity index (χ4n) is 3.18. The van der Waals surface area contributed by atoms with Crippen molar-refractivity contribution in [3.8, 4) is 0 Å². The van der Waals surface area contributed by atoms with Crippen LogP contribution in [0.5, 0.6) is 0 Å². The molecule has 0 spiro atoms. The second-order valence-corrected chi connectivity index (χ2v) is 6.13. The van der Waals surface area contributed by atoms with Crippen molar-refractivity contribution in [3.63, 3.8) is 0 Å². The Morgan fingerprint density at radius 1 is 1.30 bits per heavy atom. The summed E-state index contributed by atoms with van der Waals surface area (Å²) in [5.41, 5.74) is 0.466. The van der Waals surface area contributed by atoms with Crippen LogP contribution in [-0.4, -0.2) is 23.7 Å². The van der Waals surface area contributed by atoms with Crippen LogP contribution in [0.1, 0.15) is 37.7 Å². The Hall–Kier alpha value is -1.42. The zero-order valence-electron chi connectivity index (χ0n) is 11.4. The van der Waals surface area contributed by atoms with E-state index in [0.717, 1.165) is 37.7 Å². The van der Waals surface area contributed by atoms with Crippen molar-refractivity contribution in [1.29, 1.82) is 0 Å². The molecule has 2 unspecified atom stereocenters. The lowest BCUT2D eigenvalue weighted by atomic mass is 9.94. The van der Waals surface area contributed by atoms with Crippen molar-refractivity contribution >= 4 is 5.91 Å². The Morgan fingerprint density at radius 2 is 2.00 bits per heavy atom. The highest BCUT2D eigenvalue weighted by Crippen LogP contribution is 2.48. The monoisotopic (exact) mass is 277 g/mol. The molecule has 0 aliphatic heterocycles. The van der Waals surface area contributed by atoms with Gasteiger partial charge < -0.3 is 10.4 Å². The summed E-state index contributed by atoms with van der Waals surface area (Å²) in [6, 6.07) is 6.24. The van der Waals surface area contributed by atoms with Gasteiger partial charge in [0.1, 0.15) is 5.82 Å². The van der Waals surface area contributed by atoms with Crippen molar-refractivity contribution in [1.82, 2.24) is 5.32 Å². The van der Waals surface area contributed by atoms with Crippen LogP contribution in [0.15, 0.2) is 24.3 Å². The van der Waals surface area contributed by atoms with E-state index in [-0.39, 0.29) is 17.8 Å². The van der Waals surface area contributed by atoms with E-state index in [9.17, 15) is 14.3 Å². The van der Waals surface area contributed by atoms with Gasteiger partial charge in [0, 0.05) is 6.54 Å². The summed E-state index contributed by atoms with van der Waals surface area (Å²) in [6.45, 7) is 0.638. The first-order valence-electron chi connectivity index (χ1n) is 7.32. The highest BCUT2D eigenvalue weighted by Gasteiger charge is 2.51. The minimum Gasteiger partial charge on any atom is -0.393 e. The van der Waals surface area contributed by atoms with E-state index < -0.39 is 5.41 Å². The van der Waals surface area contributed by atoms with Crippen LogP contribution in [0.2, 0.25) is 0 Å². The minimum atomic E-state index is -0.440. The molecule has 1 aromatic carbocycles. The van der Waals surface area contributed by atoms with Gasteiger partial charge in [-0.1, -0.05) is 12.1 Å². The van der Waals surface area contributed by atoms with Crippen LogP contribution in [-0.2, 0) is 10.2 Å². The van der Waals surface area contributed by atoms with Crippen LogP contribution in [0.3, 0.4) is 0 Å². The summed E-state index contributed by atoms with van der Waals surface area (Å²) >= 11 is 0. The molecule has 2 aliphatic carbocycles. The third-order valence-corrected chi connectivity index (χ3v) is 4.65. The Morgan fingerprint density at radius 3 is 2.55 bits per heavy atom. The molecule has 4 heteroatoms. The number of amides is 1. The predicted molar refractivity (Wildman–Crippen MR) is 73.7 cm³/mol. The summed E-state index contributed by atoms with van der Waals surface area (Å²) in [5.74, 6) is 0.161. The van der Waals surface area contributed by atoms with Gasteiger partial charge in [-0.15, -0.1) is 0 Å². The van der Waals surface area contributed by atoms with E-state index in [4.69, 9.17) is 0 Å². The predicted octanol–water partition coefficient (Wildman–Crippen LogP) is 2.13. The van der Waals surface area contributed by atoms with E-state index in [1.807, 2.05) is 0 Å². The van der Waals surface area contributed by atoms with Crippen molar-refractivity contribution < 1.29 is 14.3 Å². The molecule has 2 atom stereocenters. The number of rotatable bonds is 4. The summed E-state index contributed by atoms with van der Waals surface area (Å²) in [4.78, 5) is 12.4. The van der Waals surface area contributed by atoms with Gasteiger partial charge >= 0.3 is 0 Å². The Kier molecular flexibility index (Phi) is 3.50. The fraction of sp³-hybridized carbons (Fsp3) is 0.562. The molecule has 3 nitrogen and oxygen atoms in total. The van der Waals surface area contributed by atoms with E-state index >= 15 is 0 Å². The normalized spacial score (nSPS) is 27.3. The minimum absolute atomic E-state index is 0.0468. The highest BCUT2D eigenvalue weighted by atomic mass is 19.1. The number of benzene rings is 1. The zero-order valence-corrected chi connectivity index (χ0v) is 11.4. The fourth-order valence-corrected chi connectivity index (χ4v) is 3.18. The van der Waals surface area contributed by atoms with Crippen LogP contribution in [0.4, 0.5) is 4.39 Å². The number of hydrogen-bond donors (Lipinski definition) is 2. The quantitative estimate of drug-likeness (QED) is 0.886. The van der Waals surface area contributed by atoms with Gasteiger partial charge in [-0.3, -0.25) is 4.79 Å². The lowest BCUT2D eigenvalue weighted by molar-refractivity contribution is -0.123. The third kappa shape index (κ3) is 2.57. The molecule has 1 amide bonds. The maximum absolute atomic E-state index is 13.0. The molecule has 2 saturated carbocycles. The van der Waals surface area contributed by atoms with Gasteiger partial charge in [-0.25, -0.2) is 4.39 Å². The van der Waals surface area contributed by atoms with Gasteiger partial charge in [-0.2, -0.15) is 0 Å². The number of hydrogen-bond acceptors (Lipinski definition) is 2. The van der Waals surface area contributed by atoms with E-state index in [1.165, 1.54) is 12.1 Å². The lowest BCUT2D eigenvalue weighted by Gasteiger charge is -2.18. The topological polar surface area (TPSA) is 49.3 Å². The second kappa shape index (κ2) is 5.17. The largest absolute Gasteiger partial charge is 0.393 e. The van der Waals surface area contributed by atoms with Crippen molar-refractivity contribution in [2.75, 3.05) is 6.54 Å². The highest BCUT2D eigenvalue weighted by molar-refractivity contribution is 5.91. The van der Waals surface area contributed by atoms with E-state index in [2.05, 4.69) is 5.32 Å². The number of carbonyl (C=O) groups excluding carboxylic acids is 1. The molecule has 2 fully saturated rings. The number of carbonyl (C=O) groups is 1. The number of nitrogens with one attached hydrogen (secondary N) is 1. The van der Waals surface area contributed by atoms with E-state index in [0.29, 0.717) is 12.5 Å². The standard InChI is InChI=1S/C16H20FNO2/c17-13-4-2-12(3-5-13)16(7-8-16)15(20)18-10-11-1-6-14(19)9-11/h2-5,11,14,19H,1,6-10H2,(H,18,20). The molecule has 1 aromatic rings. The molecule has 3 rings (SSSR count). The summed E-state index contributed by atoms with van der Waals surface area (Å²) in [5, 5.41) is 12.5. The Labute approximate surface area is 118 Å². The van der Waals surface area contributed by atoms with Gasteiger partial charge in [0.25, 0.3) is 0 Å². The molecule has 0 bridgehead atoms. The molecule has 2 N–H and O–H groups in total. The second-order valence-electron chi connectivity index (χ2n) is 6.13. The van der Waals surface area contributed by atoms with Crippen molar-refractivity contribution in [2.24, 2.45) is 5.92 Å². The summed E-state index contributed by atoms with van der Waals surface area (Å²) < 4.78 is 13.0. The molecule has 2 aliphatic rings. The van der Waals surface area contributed by atoms with Gasteiger partial charge in [0.2, 0.25) is 5.91 Å². The van der Waals surface area contributed by atoms with Gasteiger partial charge in [0.15, 0.2) is 0 Å². The smallest absolute Gasteiger partial charge is 0.230 e. The van der Waals surface area contributed by atoms with Crippen molar-refractivity contribution in [3.05, 3.63) is 35.6 Å². The first-order chi connectivity index (χ1) is 9.60.